The summed E-state index contributed by atoms with van der Waals surface area (Å²) in [6.07, 6.45) is 0. The molecule has 0 bridgehead atoms. The number of nitrogens with two attached hydrogens (primary N) is 1. The average molecular weight is 298 g/mol. The SMILES string of the molecule is Nc1nonc1C(=O)OCc1ccccc1Br. The van der Waals surface area contributed by atoms with Gasteiger partial charge in [0.1, 0.15) is 6.61 Å². The largest absolute Gasteiger partial charge is 0.456 e. The van der Waals surface area contributed by atoms with Crippen LogP contribution in [0.2, 0.25) is 0 Å². The molecular formula is C10H8BrN3O3. The number of halogens is 1. The molecule has 0 aliphatic rings. The lowest BCUT2D eigenvalue weighted by molar-refractivity contribution is 0.0460. The quantitative estimate of drug-likeness (QED) is 0.868. The summed E-state index contributed by atoms with van der Waals surface area (Å²) in [5.74, 6) is -0.748. The Morgan fingerprint density at radius 1 is 1.41 bits per heavy atom. The van der Waals surface area contributed by atoms with Crippen molar-refractivity contribution in [1.29, 1.82) is 0 Å². The first-order chi connectivity index (χ1) is 8.18. The Bertz CT molecular complexity index is 541. The minimum atomic E-state index is -0.667. The first kappa shape index (κ1) is 11.6. The van der Waals surface area contributed by atoms with E-state index in [4.69, 9.17) is 10.5 Å². The standard InChI is InChI=1S/C10H8BrN3O3/c11-7-4-2-1-3-6(7)5-16-10(15)8-9(12)14-17-13-8/h1-4H,5H2,(H2,12,14). The van der Waals surface area contributed by atoms with Gasteiger partial charge in [-0.25, -0.2) is 9.42 Å². The van der Waals surface area contributed by atoms with Gasteiger partial charge in [-0.05, 0) is 16.4 Å². The number of esters is 1. The van der Waals surface area contributed by atoms with Gasteiger partial charge in [-0.15, -0.1) is 0 Å². The number of anilines is 1. The minimum Gasteiger partial charge on any atom is -0.456 e. The fourth-order valence-electron chi connectivity index (χ4n) is 1.16. The zero-order chi connectivity index (χ0) is 12.3. The maximum Gasteiger partial charge on any atom is 0.364 e. The summed E-state index contributed by atoms with van der Waals surface area (Å²) in [6.45, 7) is 0.118. The topological polar surface area (TPSA) is 91.2 Å². The Hall–Kier alpha value is -1.89. The molecule has 6 nitrogen and oxygen atoms in total. The number of rotatable bonds is 3. The zero-order valence-corrected chi connectivity index (χ0v) is 10.2. The Balaban J connectivity index is 2.02. The van der Waals surface area contributed by atoms with Crippen molar-refractivity contribution in [2.75, 3.05) is 5.73 Å². The van der Waals surface area contributed by atoms with Crippen LogP contribution in [0.5, 0.6) is 0 Å². The number of nitrogens with zero attached hydrogens (tertiary/aromatic N) is 2. The number of aromatic nitrogens is 2. The maximum absolute atomic E-state index is 11.5. The van der Waals surface area contributed by atoms with Crippen molar-refractivity contribution in [2.24, 2.45) is 0 Å². The van der Waals surface area contributed by atoms with Crippen LogP contribution in [0.15, 0.2) is 33.4 Å². The van der Waals surface area contributed by atoms with Crippen molar-refractivity contribution in [3.05, 3.63) is 40.0 Å². The van der Waals surface area contributed by atoms with Gasteiger partial charge in [-0.2, -0.15) is 0 Å². The molecule has 1 heterocycles. The zero-order valence-electron chi connectivity index (χ0n) is 8.59. The predicted octanol–water partition coefficient (Wildman–Crippen LogP) is 1.77. The van der Waals surface area contributed by atoms with Crippen LogP contribution in [0.4, 0.5) is 5.82 Å². The van der Waals surface area contributed by atoms with E-state index in [-0.39, 0.29) is 18.1 Å². The Labute approximate surface area is 105 Å². The third-order valence-corrected chi connectivity index (χ3v) is 2.80. The third kappa shape index (κ3) is 2.62. The molecule has 0 radical (unpaired) electrons. The second-order valence-electron chi connectivity index (χ2n) is 3.17. The van der Waals surface area contributed by atoms with Crippen LogP contribution in [-0.2, 0) is 11.3 Å². The van der Waals surface area contributed by atoms with Crippen LogP contribution in [0.1, 0.15) is 16.1 Å². The van der Waals surface area contributed by atoms with E-state index in [9.17, 15) is 4.79 Å². The molecular weight excluding hydrogens is 290 g/mol. The van der Waals surface area contributed by atoms with E-state index in [1.54, 1.807) is 0 Å². The van der Waals surface area contributed by atoms with E-state index >= 15 is 0 Å². The van der Waals surface area contributed by atoms with Crippen molar-refractivity contribution in [1.82, 2.24) is 10.3 Å². The molecule has 1 aromatic heterocycles. The Morgan fingerprint density at radius 2 is 2.18 bits per heavy atom. The highest BCUT2D eigenvalue weighted by atomic mass is 79.9. The summed E-state index contributed by atoms with van der Waals surface area (Å²) in [6, 6.07) is 7.41. The molecule has 0 saturated carbocycles. The van der Waals surface area contributed by atoms with E-state index in [1.165, 1.54) is 0 Å². The number of carbonyl (C=O) groups is 1. The van der Waals surface area contributed by atoms with Crippen molar-refractivity contribution < 1.29 is 14.2 Å². The van der Waals surface area contributed by atoms with E-state index < -0.39 is 5.97 Å². The molecule has 0 aliphatic carbocycles. The van der Waals surface area contributed by atoms with E-state index in [1.807, 2.05) is 24.3 Å². The van der Waals surface area contributed by atoms with Gasteiger partial charge >= 0.3 is 5.97 Å². The first-order valence-electron chi connectivity index (χ1n) is 4.67. The molecule has 2 aromatic rings. The van der Waals surface area contributed by atoms with Gasteiger partial charge in [0.15, 0.2) is 0 Å². The molecule has 0 atom stereocenters. The third-order valence-electron chi connectivity index (χ3n) is 2.02. The van der Waals surface area contributed by atoms with Crippen LogP contribution in [0.25, 0.3) is 0 Å². The van der Waals surface area contributed by atoms with Gasteiger partial charge in [0.25, 0.3) is 0 Å². The summed E-state index contributed by atoms with van der Waals surface area (Å²) in [5, 5.41) is 6.64. The summed E-state index contributed by atoms with van der Waals surface area (Å²) in [5.41, 5.74) is 6.09. The summed E-state index contributed by atoms with van der Waals surface area (Å²) < 4.78 is 10.2. The highest BCUT2D eigenvalue weighted by molar-refractivity contribution is 9.10. The molecule has 0 fully saturated rings. The smallest absolute Gasteiger partial charge is 0.364 e. The van der Waals surface area contributed by atoms with Gasteiger partial charge in [0.05, 0.1) is 0 Å². The van der Waals surface area contributed by atoms with Crippen LogP contribution in [0, 0.1) is 0 Å². The molecule has 7 heteroatoms. The van der Waals surface area contributed by atoms with Gasteiger partial charge in [0, 0.05) is 10.0 Å². The highest BCUT2D eigenvalue weighted by Crippen LogP contribution is 2.17. The fraction of sp³-hybridized carbons (Fsp3) is 0.100. The summed E-state index contributed by atoms with van der Waals surface area (Å²) in [4.78, 5) is 11.5. The molecule has 0 unspecified atom stereocenters. The monoisotopic (exact) mass is 297 g/mol. The van der Waals surface area contributed by atoms with Crippen LogP contribution >= 0.6 is 15.9 Å². The second-order valence-corrected chi connectivity index (χ2v) is 4.02. The fourth-order valence-corrected chi connectivity index (χ4v) is 1.56. The number of carbonyl (C=O) groups excluding carboxylic acids is 1. The number of hydrogen-bond donors (Lipinski definition) is 1. The molecule has 88 valence electrons. The van der Waals surface area contributed by atoms with E-state index in [0.717, 1.165) is 10.0 Å². The Morgan fingerprint density at radius 3 is 2.82 bits per heavy atom. The normalized spacial score (nSPS) is 10.2. The van der Waals surface area contributed by atoms with Gasteiger partial charge in [0.2, 0.25) is 11.5 Å². The van der Waals surface area contributed by atoms with Crippen molar-refractivity contribution >= 4 is 27.7 Å². The maximum atomic E-state index is 11.5. The van der Waals surface area contributed by atoms with Crippen LogP contribution < -0.4 is 5.73 Å². The predicted molar refractivity (Wildman–Crippen MR) is 62.0 cm³/mol. The minimum absolute atomic E-state index is 0.0814. The van der Waals surface area contributed by atoms with Gasteiger partial charge in [-0.3, -0.25) is 0 Å². The van der Waals surface area contributed by atoms with Gasteiger partial charge < -0.3 is 10.5 Å². The summed E-state index contributed by atoms with van der Waals surface area (Å²) >= 11 is 3.35. The van der Waals surface area contributed by atoms with Crippen molar-refractivity contribution in [3.8, 4) is 0 Å². The highest BCUT2D eigenvalue weighted by Gasteiger charge is 2.17. The molecule has 2 N–H and O–H groups in total. The average Bonchev–Trinajstić information content (AvgIpc) is 2.74. The molecule has 0 aliphatic heterocycles. The summed E-state index contributed by atoms with van der Waals surface area (Å²) in [7, 11) is 0. The Kier molecular flexibility index (Phi) is 3.38. The second kappa shape index (κ2) is 4.96. The molecule has 0 spiro atoms. The number of nitrogen functional groups attached to an aromatic ring is 1. The molecule has 0 saturated heterocycles. The lowest BCUT2D eigenvalue weighted by Crippen LogP contribution is -2.08. The number of ether oxygens (including phenoxy) is 1. The number of hydrogen-bond acceptors (Lipinski definition) is 6. The first-order valence-corrected chi connectivity index (χ1v) is 5.46. The van der Waals surface area contributed by atoms with E-state index in [0.29, 0.717) is 0 Å². The molecule has 2 rings (SSSR count). The van der Waals surface area contributed by atoms with Crippen LogP contribution in [0.3, 0.4) is 0 Å². The number of benzene rings is 1. The lowest BCUT2D eigenvalue weighted by Gasteiger charge is -2.04. The molecule has 0 amide bonds. The van der Waals surface area contributed by atoms with Crippen molar-refractivity contribution in [3.63, 3.8) is 0 Å². The van der Waals surface area contributed by atoms with Crippen molar-refractivity contribution in [2.45, 2.75) is 6.61 Å². The lowest BCUT2D eigenvalue weighted by atomic mass is 10.2. The van der Waals surface area contributed by atoms with Gasteiger partial charge in [-0.1, -0.05) is 34.1 Å². The van der Waals surface area contributed by atoms with Crippen LogP contribution in [-0.4, -0.2) is 16.3 Å². The molecule has 1 aromatic carbocycles. The van der Waals surface area contributed by atoms with E-state index in [2.05, 4.69) is 30.9 Å². The molecule has 17 heavy (non-hydrogen) atoms.